The summed E-state index contributed by atoms with van der Waals surface area (Å²) in [5, 5.41) is 7.49. The van der Waals surface area contributed by atoms with Crippen LogP contribution in [0.5, 0.6) is 5.75 Å². The second kappa shape index (κ2) is 7.33. The van der Waals surface area contributed by atoms with Crippen molar-refractivity contribution in [3.8, 4) is 5.75 Å². The van der Waals surface area contributed by atoms with Gasteiger partial charge in [-0.3, -0.25) is 0 Å². The monoisotopic (exact) mass is 482 g/mol. The lowest BCUT2D eigenvalue weighted by atomic mass is 10.1. The van der Waals surface area contributed by atoms with Gasteiger partial charge in [0.05, 0.1) is 12.5 Å². The normalized spacial score (nSPS) is 11.4. The van der Waals surface area contributed by atoms with E-state index in [4.69, 9.17) is 9.47 Å². The Hall–Kier alpha value is -3.04. The molecule has 3 aromatic heterocycles. The molecular formula is C21H15BrN4O3S. The highest BCUT2D eigenvalue weighted by Crippen LogP contribution is 2.32. The molecule has 5 rings (SSSR count). The molecule has 0 aliphatic rings. The minimum absolute atomic E-state index is 0.220. The van der Waals surface area contributed by atoms with Crippen molar-refractivity contribution in [1.29, 1.82) is 0 Å². The number of rotatable bonds is 4. The van der Waals surface area contributed by atoms with Gasteiger partial charge in [-0.05, 0) is 47.5 Å². The number of aryl methyl sites for hydroxylation is 1. The first-order chi connectivity index (χ1) is 14.5. The Kier molecular flexibility index (Phi) is 4.63. The molecule has 0 saturated carbocycles. The standard InChI is InChI=1S/C21H15BrN4O3S/c1-11-17-19-24-16(25-26(19)10-23-20(17)30-18(11)21(27)28-2)9-29-15-6-4-12-7-14(22)5-3-13(12)8-15/h3-8,10H,9H2,1-2H3. The predicted octanol–water partition coefficient (Wildman–Crippen LogP) is 4.93. The van der Waals surface area contributed by atoms with Gasteiger partial charge in [-0.2, -0.15) is 0 Å². The highest BCUT2D eigenvalue weighted by molar-refractivity contribution is 9.10. The van der Waals surface area contributed by atoms with Crippen LogP contribution in [0.4, 0.5) is 0 Å². The number of carbonyl (C=O) groups excluding carboxylic acids is 1. The van der Waals surface area contributed by atoms with Crippen LogP contribution in [0.3, 0.4) is 0 Å². The number of ether oxygens (including phenoxy) is 2. The van der Waals surface area contributed by atoms with Crippen molar-refractivity contribution in [2.75, 3.05) is 7.11 Å². The molecule has 0 aliphatic carbocycles. The number of carbonyl (C=O) groups is 1. The zero-order valence-electron chi connectivity index (χ0n) is 16.0. The smallest absolute Gasteiger partial charge is 0.348 e. The van der Waals surface area contributed by atoms with E-state index in [0.29, 0.717) is 16.3 Å². The van der Waals surface area contributed by atoms with Crippen molar-refractivity contribution in [2.24, 2.45) is 0 Å². The number of esters is 1. The Balaban J connectivity index is 1.46. The number of methoxy groups -OCH3 is 1. The van der Waals surface area contributed by atoms with Crippen LogP contribution in [0.1, 0.15) is 21.1 Å². The van der Waals surface area contributed by atoms with Crippen LogP contribution < -0.4 is 4.74 Å². The van der Waals surface area contributed by atoms with E-state index in [1.165, 1.54) is 18.4 Å². The Bertz CT molecular complexity index is 1440. The molecule has 0 unspecified atom stereocenters. The van der Waals surface area contributed by atoms with Crippen LogP contribution >= 0.6 is 27.3 Å². The van der Waals surface area contributed by atoms with Crippen LogP contribution in [-0.2, 0) is 11.3 Å². The SMILES string of the molecule is COC(=O)c1sc2ncn3nc(COc4ccc5cc(Br)ccc5c4)nc3c2c1C. The summed E-state index contributed by atoms with van der Waals surface area (Å²) >= 11 is 4.78. The zero-order valence-corrected chi connectivity index (χ0v) is 18.5. The van der Waals surface area contributed by atoms with E-state index in [1.54, 1.807) is 10.8 Å². The van der Waals surface area contributed by atoms with E-state index in [1.807, 2.05) is 37.3 Å². The van der Waals surface area contributed by atoms with Gasteiger partial charge < -0.3 is 9.47 Å². The van der Waals surface area contributed by atoms with Crippen LogP contribution in [0.15, 0.2) is 47.2 Å². The average molecular weight is 483 g/mol. The summed E-state index contributed by atoms with van der Waals surface area (Å²) in [5.74, 6) is 0.900. The van der Waals surface area contributed by atoms with Crippen LogP contribution in [0, 0.1) is 6.92 Å². The maximum atomic E-state index is 12.0. The third-order valence-electron chi connectivity index (χ3n) is 4.82. The maximum Gasteiger partial charge on any atom is 0.348 e. The lowest BCUT2D eigenvalue weighted by molar-refractivity contribution is 0.0605. The van der Waals surface area contributed by atoms with Crippen molar-refractivity contribution >= 4 is 59.9 Å². The summed E-state index contributed by atoms with van der Waals surface area (Å²) in [5.41, 5.74) is 1.44. The van der Waals surface area contributed by atoms with Crippen molar-refractivity contribution in [3.05, 3.63) is 63.5 Å². The summed E-state index contributed by atoms with van der Waals surface area (Å²) in [6.45, 7) is 2.09. The maximum absolute atomic E-state index is 12.0. The number of nitrogens with zero attached hydrogens (tertiary/aromatic N) is 4. The number of thiophene rings is 1. The van der Waals surface area contributed by atoms with Gasteiger partial charge >= 0.3 is 5.97 Å². The summed E-state index contributed by atoms with van der Waals surface area (Å²) in [6, 6.07) is 12.0. The van der Waals surface area contributed by atoms with E-state index in [2.05, 4.69) is 37.1 Å². The topological polar surface area (TPSA) is 78.6 Å². The van der Waals surface area contributed by atoms with Crippen LogP contribution in [0.25, 0.3) is 26.6 Å². The number of hydrogen-bond acceptors (Lipinski definition) is 7. The Morgan fingerprint density at radius 1 is 1.20 bits per heavy atom. The fraction of sp³-hybridized carbons (Fsp3) is 0.143. The number of fused-ring (bicyclic) bond motifs is 4. The molecule has 30 heavy (non-hydrogen) atoms. The first-order valence-electron chi connectivity index (χ1n) is 9.07. The second-order valence-corrected chi connectivity index (χ2v) is 8.63. The number of benzene rings is 2. The van der Waals surface area contributed by atoms with Gasteiger partial charge in [0, 0.05) is 4.47 Å². The molecule has 0 aliphatic heterocycles. The molecule has 0 radical (unpaired) electrons. The van der Waals surface area contributed by atoms with Gasteiger partial charge in [-0.1, -0.05) is 28.1 Å². The summed E-state index contributed by atoms with van der Waals surface area (Å²) < 4.78 is 13.4. The number of hydrogen-bond donors (Lipinski definition) is 0. The van der Waals surface area contributed by atoms with E-state index in [-0.39, 0.29) is 12.6 Å². The molecule has 5 aromatic rings. The summed E-state index contributed by atoms with van der Waals surface area (Å²) in [7, 11) is 1.37. The van der Waals surface area contributed by atoms with Crippen LogP contribution in [0.2, 0.25) is 0 Å². The fourth-order valence-corrected chi connectivity index (χ4v) is 4.80. The van der Waals surface area contributed by atoms with Gasteiger partial charge in [-0.25, -0.2) is 19.3 Å². The number of aromatic nitrogens is 4. The van der Waals surface area contributed by atoms with Crippen molar-refractivity contribution in [3.63, 3.8) is 0 Å². The summed E-state index contributed by atoms with van der Waals surface area (Å²) in [4.78, 5) is 22.3. The van der Waals surface area contributed by atoms with E-state index in [0.717, 1.165) is 36.8 Å². The summed E-state index contributed by atoms with van der Waals surface area (Å²) in [6.07, 6.45) is 1.60. The average Bonchev–Trinajstić information content (AvgIpc) is 3.32. The molecule has 0 saturated heterocycles. The highest BCUT2D eigenvalue weighted by Gasteiger charge is 2.20. The first kappa shape index (κ1) is 19.0. The van der Waals surface area contributed by atoms with Gasteiger partial charge in [0.1, 0.15) is 28.4 Å². The molecule has 7 nitrogen and oxygen atoms in total. The van der Waals surface area contributed by atoms with Gasteiger partial charge in [0.25, 0.3) is 0 Å². The molecular weight excluding hydrogens is 468 g/mol. The molecule has 0 N–H and O–H groups in total. The van der Waals surface area contributed by atoms with Gasteiger partial charge in [0.15, 0.2) is 11.5 Å². The molecule has 150 valence electrons. The molecule has 2 aromatic carbocycles. The number of halogens is 1. The van der Waals surface area contributed by atoms with Crippen molar-refractivity contribution < 1.29 is 14.3 Å². The fourth-order valence-electron chi connectivity index (χ4n) is 3.36. The largest absolute Gasteiger partial charge is 0.486 e. The lowest BCUT2D eigenvalue weighted by Gasteiger charge is -2.05. The van der Waals surface area contributed by atoms with Gasteiger partial charge in [-0.15, -0.1) is 16.4 Å². The first-order valence-corrected chi connectivity index (χ1v) is 10.7. The van der Waals surface area contributed by atoms with Crippen molar-refractivity contribution in [2.45, 2.75) is 13.5 Å². The third kappa shape index (κ3) is 3.20. The molecule has 0 spiro atoms. The Morgan fingerprint density at radius 3 is 2.83 bits per heavy atom. The zero-order chi connectivity index (χ0) is 20.8. The molecule has 3 heterocycles. The lowest BCUT2D eigenvalue weighted by Crippen LogP contribution is -1.99. The Morgan fingerprint density at radius 2 is 2.00 bits per heavy atom. The van der Waals surface area contributed by atoms with Crippen LogP contribution in [-0.4, -0.2) is 32.7 Å². The Labute approximate surface area is 183 Å². The molecule has 0 bridgehead atoms. The quantitative estimate of drug-likeness (QED) is 0.338. The minimum Gasteiger partial charge on any atom is -0.486 e. The second-order valence-electron chi connectivity index (χ2n) is 6.71. The minimum atomic E-state index is -0.375. The molecule has 0 atom stereocenters. The van der Waals surface area contributed by atoms with E-state index >= 15 is 0 Å². The highest BCUT2D eigenvalue weighted by atomic mass is 79.9. The molecule has 0 fully saturated rings. The molecule has 9 heteroatoms. The van der Waals surface area contributed by atoms with E-state index in [9.17, 15) is 4.79 Å². The third-order valence-corrected chi connectivity index (χ3v) is 6.50. The molecule has 0 amide bonds. The van der Waals surface area contributed by atoms with E-state index < -0.39 is 0 Å². The van der Waals surface area contributed by atoms with Crippen molar-refractivity contribution in [1.82, 2.24) is 19.6 Å². The predicted molar refractivity (Wildman–Crippen MR) is 118 cm³/mol. The van der Waals surface area contributed by atoms with Gasteiger partial charge in [0.2, 0.25) is 0 Å².